The summed E-state index contributed by atoms with van der Waals surface area (Å²) in [4.78, 5) is 8.57. The largest absolute Gasteiger partial charge is 0.507 e. The maximum Gasteiger partial charge on any atom is 0.185 e. The smallest absolute Gasteiger partial charge is 0.185 e. The Hall–Kier alpha value is -3.24. The summed E-state index contributed by atoms with van der Waals surface area (Å²) in [6.45, 7) is 4.05. The third kappa shape index (κ3) is 3.86. The number of fused-ring (bicyclic) bond motifs is 1. The van der Waals surface area contributed by atoms with Crippen LogP contribution in [0.5, 0.6) is 5.75 Å². The first kappa shape index (κ1) is 21.3. The van der Waals surface area contributed by atoms with Crippen LogP contribution in [0.25, 0.3) is 22.3 Å². The predicted octanol–water partition coefficient (Wildman–Crippen LogP) is 3.55. The summed E-state index contributed by atoms with van der Waals surface area (Å²) < 4.78 is 2.00. The van der Waals surface area contributed by atoms with Gasteiger partial charge < -0.3 is 21.1 Å². The Bertz CT molecular complexity index is 1300. The van der Waals surface area contributed by atoms with Crippen molar-refractivity contribution in [3.8, 4) is 17.0 Å². The number of nitrogen functional groups attached to an aromatic ring is 1. The summed E-state index contributed by atoms with van der Waals surface area (Å²) in [6, 6.07) is 9.30. The monoisotopic (exact) mass is 476 g/mol. The highest BCUT2D eigenvalue weighted by Gasteiger charge is 2.27. The Morgan fingerprint density at radius 1 is 1.06 bits per heavy atom. The lowest BCUT2D eigenvalue weighted by Crippen LogP contribution is -2.34. The highest BCUT2D eigenvalue weighted by atomic mass is 32.1. The van der Waals surface area contributed by atoms with Crippen molar-refractivity contribution in [3.63, 3.8) is 0 Å². The van der Waals surface area contributed by atoms with E-state index in [1.807, 2.05) is 34.2 Å². The van der Waals surface area contributed by atoms with Gasteiger partial charge in [-0.15, -0.1) is 21.5 Å². The van der Waals surface area contributed by atoms with Gasteiger partial charge in [-0.2, -0.15) is 5.10 Å². The van der Waals surface area contributed by atoms with Crippen molar-refractivity contribution in [2.24, 2.45) is 0 Å². The molecule has 9 nitrogen and oxygen atoms in total. The van der Waals surface area contributed by atoms with E-state index in [-0.39, 0.29) is 11.8 Å². The summed E-state index contributed by atoms with van der Waals surface area (Å²) in [5.74, 6) is 1.21. The Morgan fingerprint density at radius 3 is 2.65 bits per heavy atom. The number of nitrogens with zero attached hydrogens (tertiary/aromatic N) is 6. The molecule has 0 atom stereocenters. The Labute approximate surface area is 201 Å². The number of rotatable bonds is 4. The Balaban J connectivity index is 1.21. The number of aromatic nitrogens is 5. The second kappa shape index (κ2) is 8.84. The number of phenolic OH excluding ortho intramolecular Hbond substituents is 1. The highest BCUT2D eigenvalue weighted by molar-refractivity contribution is 7.15. The molecule has 0 bridgehead atoms. The molecule has 10 heteroatoms. The zero-order valence-corrected chi connectivity index (χ0v) is 19.7. The number of benzene rings is 1. The number of hydrogen-bond donors (Lipinski definition) is 3. The lowest BCUT2D eigenvalue weighted by molar-refractivity contribution is 0.377. The summed E-state index contributed by atoms with van der Waals surface area (Å²) in [6.07, 6.45) is 6.38. The van der Waals surface area contributed by atoms with Gasteiger partial charge in [-0.25, -0.2) is 4.98 Å². The van der Waals surface area contributed by atoms with Crippen molar-refractivity contribution in [1.82, 2.24) is 30.3 Å². The molecule has 4 aromatic rings. The van der Waals surface area contributed by atoms with Crippen LogP contribution in [0.1, 0.15) is 42.5 Å². The minimum absolute atomic E-state index is 0.177. The molecule has 6 rings (SSSR count). The van der Waals surface area contributed by atoms with E-state index in [0.29, 0.717) is 28.5 Å². The second-order valence-corrected chi connectivity index (χ2v) is 10.1. The lowest BCUT2D eigenvalue weighted by Gasteiger charge is -2.32. The normalized spacial score (nSPS) is 18.1. The number of anilines is 2. The van der Waals surface area contributed by atoms with Gasteiger partial charge in [0.15, 0.2) is 16.5 Å². The van der Waals surface area contributed by atoms with Crippen molar-refractivity contribution in [2.75, 3.05) is 36.8 Å². The molecular weight excluding hydrogens is 448 g/mol. The zero-order valence-electron chi connectivity index (χ0n) is 18.9. The maximum absolute atomic E-state index is 10.3. The number of nitrogens with one attached hydrogen (secondary N) is 1. The van der Waals surface area contributed by atoms with E-state index >= 15 is 0 Å². The summed E-state index contributed by atoms with van der Waals surface area (Å²) >= 11 is 1.85. The third-order valence-corrected chi connectivity index (χ3v) is 8.21. The molecule has 2 aliphatic heterocycles. The van der Waals surface area contributed by atoms with Gasteiger partial charge in [0.25, 0.3) is 0 Å². The first-order valence-electron chi connectivity index (χ1n) is 11.9. The minimum Gasteiger partial charge on any atom is -0.507 e. The standard InChI is InChI=1S/C24H28N8OS/c25-23-22-19(13-18(28-29-22)17-3-1-2-4-20(17)33)32(30-23)16-7-11-31(12-8-16)24-27-14-21(34-24)15-5-9-26-10-6-15/h1-4,13-16,26,33H,5-12H2,(H2,25,30). The molecule has 0 saturated carbocycles. The number of aromatic hydroxyl groups is 1. The molecule has 2 aliphatic rings. The first-order valence-corrected chi connectivity index (χ1v) is 12.7. The van der Waals surface area contributed by atoms with Crippen molar-refractivity contribution >= 4 is 33.3 Å². The molecule has 3 aromatic heterocycles. The van der Waals surface area contributed by atoms with E-state index < -0.39 is 0 Å². The minimum atomic E-state index is 0.177. The van der Waals surface area contributed by atoms with Gasteiger partial charge in [0.05, 0.1) is 17.3 Å². The summed E-state index contributed by atoms with van der Waals surface area (Å²) in [7, 11) is 0. The van der Waals surface area contributed by atoms with Crippen LogP contribution in [-0.4, -0.2) is 56.2 Å². The van der Waals surface area contributed by atoms with Gasteiger partial charge in [0, 0.05) is 29.7 Å². The molecule has 0 aliphatic carbocycles. The van der Waals surface area contributed by atoms with Crippen LogP contribution < -0.4 is 16.0 Å². The molecule has 0 radical (unpaired) electrons. The average Bonchev–Trinajstić information content (AvgIpc) is 3.50. The first-order chi connectivity index (χ1) is 16.7. The molecule has 0 spiro atoms. The number of nitrogens with two attached hydrogens (primary N) is 1. The van der Waals surface area contributed by atoms with Crippen molar-refractivity contribution in [3.05, 3.63) is 41.4 Å². The number of para-hydroxylation sites is 1. The number of thiazole rings is 1. The zero-order chi connectivity index (χ0) is 23.1. The average molecular weight is 477 g/mol. The lowest BCUT2D eigenvalue weighted by atomic mass is 9.97. The molecule has 34 heavy (non-hydrogen) atoms. The van der Waals surface area contributed by atoms with Crippen LogP contribution in [0.3, 0.4) is 0 Å². The van der Waals surface area contributed by atoms with E-state index in [9.17, 15) is 5.11 Å². The fraction of sp³-hybridized carbons (Fsp3) is 0.417. The van der Waals surface area contributed by atoms with Gasteiger partial charge >= 0.3 is 0 Å². The summed E-state index contributed by atoms with van der Waals surface area (Å²) in [5.41, 5.74) is 8.90. The van der Waals surface area contributed by atoms with Crippen LogP contribution in [0.4, 0.5) is 10.9 Å². The molecule has 5 heterocycles. The maximum atomic E-state index is 10.3. The van der Waals surface area contributed by atoms with Crippen LogP contribution in [0.15, 0.2) is 36.5 Å². The van der Waals surface area contributed by atoms with Crippen molar-refractivity contribution < 1.29 is 5.11 Å². The molecule has 4 N–H and O–H groups in total. The van der Waals surface area contributed by atoms with E-state index in [1.165, 1.54) is 17.7 Å². The van der Waals surface area contributed by atoms with Crippen LogP contribution in [-0.2, 0) is 0 Å². The molecular formula is C24H28N8OS. The fourth-order valence-corrected chi connectivity index (χ4v) is 6.21. The molecule has 1 aromatic carbocycles. The van der Waals surface area contributed by atoms with Crippen LogP contribution in [0.2, 0.25) is 0 Å². The van der Waals surface area contributed by atoms with Crippen LogP contribution >= 0.6 is 11.3 Å². The molecule has 2 fully saturated rings. The third-order valence-electron chi connectivity index (χ3n) is 6.99. The van der Waals surface area contributed by atoms with Crippen molar-refractivity contribution in [2.45, 2.75) is 37.6 Å². The van der Waals surface area contributed by atoms with E-state index in [0.717, 1.165) is 49.7 Å². The highest BCUT2D eigenvalue weighted by Crippen LogP contribution is 2.36. The van der Waals surface area contributed by atoms with E-state index in [4.69, 9.17) is 10.7 Å². The van der Waals surface area contributed by atoms with Crippen molar-refractivity contribution in [1.29, 1.82) is 0 Å². The SMILES string of the molecule is Nc1nn(C2CCN(c3ncc(C4CCNCC4)s3)CC2)c2cc(-c3ccccc3O)nnc12. The molecule has 0 amide bonds. The van der Waals surface area contributed by atoms with Gasteiger partial charge in [0.2, 0.25) is 0 Å². The number of phenols is 1. The van der Waals surface area contributed by atoms with Gasteiger partial charge in [-0.1, -0.05) is 12.1 Å². The second-order valence-electron chi connectivity index (χ2n) is 9.10. The van der Waals surface area contributed by atoms with Gasteiger partial charge in [-0.05, 0) is 62.9 Å². The van der Waals surface area contributed by atoms with Gasteiger partial charge in [-0.3, -0.25) is 4.68 Å². The number of hydrogen-bond acceptors (Lipinski definition) is 9. The molecule has 0 unspecified atom stereocenters. The fourth-order valence-electron chi connectivity index (χ4n) is 5.08. The Kier molecular flexibility index (Phi) is 5.54. The van der Waals surface area contributed by atoms with Crippen LogP contribution in [0, 0.1) is 0 Å². The summed E-state index contributed by atoms with van der Waals surface area (Å²) in [5, 5.41) is 28.1. The number of piperidine rings is 2. The Morgan fingerprint density at radius 2 is 1.85 bits per heavy atom. The predicted molar refractivity (Wildman–Crippen MR) is 134 cm³/mol. The van der Waals surface area contributed by atoms with E-state index in [2.05, 4.69) is 31.7 Å². The molecule has 176 valence electrons. The van der Waals surface area contributed by atoms with Gasteiger partial charge in [0.1, 0.15) is 5.75 Å². The quantitative estimate of drug-likeness (QED) is 0.409. The topological polar surface area (TPSA) is 118 Å². The molecule has 2 saturated heterocycles. The van der Waals surface area contributed by atoms with E-state index in [1.54, 1.807) is 12.1 Å².